The summed E-state index contributed by atoms with van der Waals surface area (Å²) in [7, 11) is -3.26. The maximum absolute atomic E-state index is 13.0. The molecule has 0 atom stereocenters. The van der Waals surface area contributed by atoms with Crippen molar-refractivity contribution in [2.75, 3.05) is 18.1 Å². The third-order valence-electron chi connectivity index (χ3n) is 2.57. The Morgan fingerprint density at radius 3 is 2.42 bits per heavy atom. The van der Waals surface area contributed by atoms with Crippen molar-refractivity contribution in [2.24, 2.45) is 0 Å². The minimum atomic E-state index is -3.26. The molecule has 0 saturated carbocycles. The number of sulfone groups is 1. The van der Waals surface area contributed by atoms with E-state index >= 15 is 0 Å². The van der Waals surface area contributed by atoms with Gasteiger partial charge in [0.1, 0.15) is 12.4 Å². The van der Waals surface area contributed by atoms with Crippen LogP contribution < -0.4 is 10.5 Å². The summed E-state index contributed by atoms with van der Waals surface area (Å²) in [5.41, 5.74) is 5.74. The second-order valence-electron chi connectivity index (χ2n) is 5.09. The van der Waals surface area contributed by atoms with E-state index in [1.165, 1.54) is 6.07 Å². The number of ether oxygens (including phenoxy) is 1. The van der Waals surface area contributed by atoms with Crippen molar-refractivity contribution >= 4 is 31.5 Å². The second-order valence-corrected chi connectivity index (χ2v) is 8.80. The molecule has 4 nitrogen and oxygen atoms in total. The van der Waals surface area contributed by atoms with Crippen LogP contribution in [0.2, 0.25) is 0 Å². The minimum Gasteiger partial charge on any atom is -0.489 e. The second kappa shape index (κ2) is 5.66. The summed E-state index contributed by atoms with van der Waals surface area (Å²) in [5.74, 6) is -0.357. The van der Waals surface area contributed by atoms with Crippen LogP contribution in [0.3, 0.4) is 0 Å². The summed E-state index contributed by atoms with van der Waals surface area (Å²) in [5, 5.41) is 0. The molecule has 0 aromatic heterocycles. The van der Waals surface area contributed by atoms with Crippen LogP contribution in [0.4, 0.5) is 10.1 Å². The van der Waals surface area contributed by atoms with E-state index < -0.39 is 20.4 Å². The maximum atomic E-state index is 13.0. The largest absolute Gasteiger partial charge is 0.489 e. The van der Waals surface area contributed by atoms with Gasteiger partial charge in [0.2, 0.25) is 0 Å². The van der Waals surface area contributed by atoms with Crippen molar-refractivity contribution in [3.8, 4) is 5.75 Å². The Kier molecular flexibility index (Phi) is 4.84. The zero-order chi connectivity index (χ0) is 14.8. The summed E-state index contributed by atoms with van der Waals surface area (Å²) < 4.78 is 41.6. The fraction of sp³-hybridized carbons (Fsp3) is 0.500. The van der Waals surface area contributed by atoms with E-state index in [0.717, 1.165) is 6.07 Å². The topological polar surface area (TPSA) is 69.4 Å². The van der Waals surface area contributed by atoms with Gasteiger partial charge >= 0.3 is 0 Å². The van der Waals surface area contributed by atoms with Gasteiger partial charge in [0.25, 0.3) is 0 Å². The van der Waals surface area contributed by atoms with Crippen LogP contribution in [0.25, 0.3) is 0 Å². The molecule has 0 aliphatic rings. The number of anilines is 1. The summed E-state index contributed by atoms with van der Waals surface area (Å²) in [6.45, 7) is 4.85. The monoisotopic (exact) mass is 353 g/mol. The third-order valence-corrected chi connectivity index (χ3v) is 5.73. The molecule has 0 aliphatic heterocycles. The molecular weight excluding hydrogens is 337 g/mol. The first kappa shape index (κ1) is 16.2. The number of hydrogen-bond donors (Lipinski definition) is 1. The Labute approximate surface area is 121 Å². The van der Waals surface area contributed by atoms with E-state index in [-0.39, 0.29) is 23.8 Å². The Morgan fingerprint density at radius 2 is 1.95 bits per heavy atom. The Bertz CT molecular complexity index is 544. The molecular formula is C12H17BrFNO3S. The lowest BCUT2D eigenvalue weighted by Gasteiger charge is -2.19. The molecule has 0 radical (unpaired) electrons. The highest BCUT2D eigenvalue weighted by Crippen LogP contribution is 2.32. The molecule has 0 aliphatic carbocycles. The van der Waals surface area contributed by atoms with Crippen molar-refractivity contribution in [3.63, 3.8) is 0 Å². The number of nitrogen functional groups attached to an aromatic ring is 1. The molecule has 0 unspecified atom stereocenters. The van der Waals surface area contributed by atoms with Crippen LogP contribution >= 0.6 is 15.9 Å². The lowest BCUT2D eigenvalue weighted by Crippen LogP contribution is -2.32. The molecule has 0 spiro atoms. The highest BCUT2D eigenvalue weighted by atomic mass is 79.9. The highest BCUT2D eigenvalue weighted by Gasteiger charge is 2.28. The average molecular weight is 354 g/mol. The summed E-state index contributed by atoms with van der Waals surface area (Å²) in [6, 6.07) is 2.34. The summed E-state index contributed by atoms with van der Waals surface area (Å²) in [4.78, 5) is 0. The molecule has 0 fully saturated rings. The van der Waals surface area contributed by atoms with Crippen LogP contribution in [-0.4, -0.2) is 25.5 Å². The SMILES string of the molecule is CC(C)(C)S(=O)(=O)CCOc1c(N)cc(F)cc1Br. The van der Waals surface area contributed by atoms with Gasteiger partial charge in [0.15, 0.2) is 15.6 Å². The van der Waals surface area contributed by atoms with E-state index in [4.69, 9.17) is 10.5 Å². The smallest absolute Gasteiger partial charge is 0.158 e. The van der Waals surface area contributed by atoms with Crippen molar-refractivity contribution in [3.05, 3.63) is 22.4 Å². The zero-order valence-electron chi connectivity index (χ0n) is 11.0. The molecule has 0 bridgehead atoms. The van der Waals surface area contributed by atoms with Crippen molar-refractivity contribution < 1.29 is 17.5 Å². The summed E-state index contributed by atoms with van der Waals surface area (Å²) in [6.07, 6.45) is 0. The first-order valence-electron chi connectivity index (χ1n) is 5.64. The molecule has 1 aromatic rings. The molecule has 0 amide bonds. The van der Waals surface area contributed by atoms with E-state index in [9.17, 15) is 12.8 Å². The Balaban J connectivity index is 2.75. The zero-order valence-corrected chi connectivity index (χ0v) is 13.4. The molecule has 0 heterocycles. The number of nitrogens with two attached hydrogens (primary N) is 1. The maximum Gasteiger partial charge on any atom is 0.158 e. The van der Waals surface area contributed by atoms with Gasteiger partial charge in [-0.1, -0.05) is 0 Å². The molecule has 1 rings (SSSR count). The third kappa shape index (κ3) is 4.07. The quantitative estimate of drug-likeness (QED) is 0.845. The van der Waals surface area contributed by atoms with Gasteiger partial charge in [-0.2, -0.15) is 0 Å². The van der Waals surface area contributed by atoms with Gasteiger partial charge in [0.05, 0.1) is 20.7 Å². The standard InChI is InChI=1S/C12H17BrFNO3S/c1-12(2,3)19(16,17)5-4-18-11-9(13)6-8(14)7-10(11)15/h6-7H,4-5,15H2,1-3H3. The first-order valence-corrected chi connectivity index (χ1v) is 8.09. The molecule has 0 saturated heterocycles. The van der Waals surface area contributed by atoms with Crippen molar-refractivity contribution in [2.45, 2.75) is 25.5 Å². The van der Waals surface area contributed by atoms with E-state index in [1.54, 1.807) is 20.8 Å². The molecule has 2 N–H and O–H groups in total. The fourth-order valence-electron chi connectivity index (χ4n) is 1.29. The van der Waals surface area contributed by atoms with Crippen LogP contribution in [0, 0.1) is 5.82 Å². The van der Waals surface area contributed by atoms with Gasteiger partial charge in [0, 0.05) is 6.07 Å². The lowest BCUT2D eigenvalue weighted by molar-refractivity contribution is 0.339. The van der Waals surface area contributed by atoms with E-state index in [1.807, 2.05) is 0 Å². The minimum absolute atomic E-state index is 0.0337. The Hall–Kier alpha value is -0.820. The summed E-state index contributed by atoms with van der Waals surface area (Å²) >= 11 is 3.12. The molecule has 1 aromatic carbocycles. The van der Waals surface area contributed by atoms with Crippen molar-refractivity contribution in [1.82, 2.24) is 0 Å². The van der Waals surface area contributed by atoms with Gasteiger partial charge in [-0.3, -0.25) is 0 Å². The first-order chi connectivity index (χ1) is 8.54. The number of benzene rings is 1. The van der Waals surface area contributed by atoms with Crippen LogP contribution in [-0.2, 0) is 9.84 Å². The average Bonchev–Trinajstić information content (AvgIpc) is 2.20. The molecule has 19 heavy (non-hydrogen) atoms. The van der Waals surface area contributed by atoms with Gasteiger partial charge in [-0.15, -0.1) is 0 Å². The van der Waals surface area contributed by atoms with E-state index in [2.05, 4.69) is 15.9 Å². The normalized spacial score (nSPS) is 12.5. The van der Waals surface area contributed by atoms with Crippen LogP contribution in [0.15, 0.2) is 16.6 Å². The van der Waals surface area contributed by atoms with Crippen LogP contribution in [0.1, 0.15) is 20.8 Å². The van der Waals surface area contributed by atoms with Gasteiger partial charge in [-0.25, -0.2) is 12.8 Å². The van der Waals surface area contributed by atoms with Gasteiger partial charge < -0.3 is 10.5 Å². The fourth-order valence-corrected chi connectivity index (χ4v) is 2.77. The van der Waals surface area contributed by atoms with Gasteiger partial charge in [-0.05, 0) is 42.8 Å². The number of halogens is 2. The van der Waals surface area contributed by atoms with Crippen molar-refractivity contribution in [1.29, 1.82) is 0 Å². The molecule has 108 valence electrons. The predicted molar refractivity (Wildman–Crippen MR) is 77.5 cm³/mol. The lowest BCUT2D eigenvalue weighted by atomic mass is 10.3. The number of rotatable bonds is 4. The predicted octanol–water partition coefficient (Wildman–Crippen LogP) is 2.76. The van der Waals surface area contributed by atoms with Crippen LogP contribution in [0.5, 0.6) is 5.75 Å². The number of hydrogen-bond acceptors (Lipinski definition) is 4. The Morgan fingerprint density at radius 1 is 1.37 bits per heavy atom. The molecule has 7 heteroatoms. The highest BCUT2D eigenvalue weighted by molar-refractivity contribution is 9.10. The van der Waals surface area contributed by atoms with E-state index in [0.29, 0.717) is 4.47 Å².